The Balaban J connectivity index is 1.56. The maximum atomic E-state index is 12.4. The highest BCUT2D eigenvalue weighted by Gasteiger charge is 2.51. The van der Waals surface area contributed by atoms with Gasteiger partial charge in [0.1, 0.15) is 0 Å². The second-order valence-corrected chi connectivity index (χ2v) is 8.13. The van der Waals surface area contributed by atoms with Gasteiger partial charge in [-0.05, 0) is 42.4 Å². The van der Waals surface area contributed by atoms with E-state index in [-0.39, 0.29) is 22.6 Å². The number of carboxylic acid groups (broad SMARTS) is 1. The summed E-state index contributed by atoms with van der Waals surface area (Å²) in [7, 11) is -3.72. The number of hydrogen-bond donors (Lipinski definition) is 3. The van der Waals surface area contributed by atoms with Crippen LogP contribution in [0.15, 0.2) is 41.3 Å². The average Bonchev–Trinajstić information content (AvgIpc) is 3.15. The van der Waals surface area contributed by atoms with Crippen LogP contribution in [-0.4, -0.2) is 31.9 Å². The quantitative estimate of drug-likeness (QED) is 0.634. The molecule has 0 aromatic heterocycles. The van der Waals surface area contributed by atoms with Crippen molar-refractivity contribution in [1.29, 1.82) is 0 Å². The molecular weight excluding hydrogens is 344 g/mol. The van der Waals surface area contributed by atoms with E-state index in [2.05, 4.69) is 5.32 Å². The van der Waals surface area contributed by atoms with Crippen LogP contribution in [0.3, 0.4) is 0 Å². The lowest BCUT2D eigenvalue weighted by molar-refractivity contribution is -0.147. The first-order valence-electron chi connectivity index (χ1n) is 8.08. The number of fused-ring (bicyclic) bond motifs is 2. The van der Waals surface area contributed by atoms with Crippen molar-refractivity contribution >= 4 is 21.9 Å². The van der Waals surface area contributed by atoms with Crippen LogP contribution in [0.1, 0.15) is 12.0 Å². The fourth-order valence-electron chi connectivity index (χ4n) is 3.81. The van der Waals surface area contributed by atoms with E-state index in [1.165, 1.54) is 12.1 Å². The SMILES string of the molecule is NS(=O)(=O)c1ccc(CCNC(=O)[C@@H]2[C@@H](C(=O)O)[C@H]3C=C[C@H]2C3)cc1. The molecule has 25 heavy (non-hydrogen) atoms. The molecule has 1 aromatic rings. The summed E-state index contributed by atoms with van der Waals surface area (Å²) in [6, 6.07) is 6.14. The van der Waals surface area contributed by atoms with Crippen LogP contribution in [0, 0.1) is 23.7 Å². The molecule has 3 rings (SSSR count). The summed E-state index contributed by atoms with van der Waals surface area (Å²) in [6.45, 7) is 0.359. The Bertz CT molecular complexity index is 816. The van der Waals surface area contributed by atoms with E-state index >= 15 is 0 Å². The standard InChI is InChI=1S/C17H20N2O5S/c18-25(23,24)13-5-1-10(2-6-13)7-8-19-16(20)14-11-3-4-12(9-11)15(14)17(21)22/h1-6,11-12,14-15H,7-9H2,(H,19,20)(H,21,22)(H2,18,23,24)/t11-,12-,14-,15-/m0/s1. The highest BCUT2D eigenvalue weighted by Crippen LogP contribution is 2.48. The highest BCUT2D eigenvalue weighted by molar-refractivity contribution is 7.89. The van der Waals surface area contributed by atoms with Crippen LogP contribution in [0.2, 0.25) is 0 Å². The zero-order chi connectivity index (χ0) is 18.2. The fourth-order valence-corrected chi connectivity index (χ4v) is 4.33. The predicted octanol–water partition coefficient (Wildman–Crippen LogP) is 0.516. The van der Waals surface area contributed by atoms with Crippen molar-refractivity contribution in [2.75, 3.05) is 6.54 Å². The van der Waals surface area contributed by atoms with Gasteiger partial charge in [-0.15, -0.1) is 0 Å². The number of primary sulfonamides is 1. The van der Waals surface area contributed by atoms with Gasteiger partial charge in [0, 0.05) is 6.54 Å². The number of nitrogens with one attached hydrogen (secondary N) is 1. The lowest BCUT2D eigenvalue weighted by Gasteiger charge is -2.23. The number of nitrogens with two attached hydrogens (primary N) is 1. The molecule has 1 saturated carbocycles. The van der Waals surface area contributed by atoms with Crippen molar-refractivity contribution in [2.24, 2.45) is 28.8 Å². The van der Waals surface area contributed by atoms with E-state index in [0.717, 1.165) is 12.0 Å². The van der Waals surface area contributed by atoms with Crippen LogP contribution in [0.5, 0.6) is 0 Å². The second-order valence-electron chi connectivity index (χ2n) is 6.57. The van der Waals surface area contributed by atoms with Gasteiger partial charge >= 0.3 is 5.97 Å². The molecule has 4 N–H and O–H groups in total. The summed E-state index contributed by atoms with van der Waals surface area (Å²) in [4.78, 5) is 23.9. The first-order chi connectivity index (χ1) is 11.8. The average molecular weight is 364 g/mol. The number of carbonyl (C=O) groups excluding carboxylic acids is 1. The summed E-state index contributed by atoms with van der Waals surface area (Å²) in [5.74, 6) is -2.37. The van der Waals surface area contributed by atoms with Gasteiger partial charge in [-0.2, -0.15) is 0 Å². The number of amides is 1. The molecule has 0 saturated heterocycles. The smallest absolute Gasteiger partial charge is 0.307 e. The molecule has 1 fully saturated rings. The third-order valence-corrected chi connectivity index (χ3v) is 5.94. The first-order valence-corrected chi connectivity index (χ1v) is 9.62. The van der Waals surface area contributed by atoms with Gasteiger partial charge in [-0.3, -0.25) is 9.59 Å². The van der Waals surface area contributed by atoms with E-state index in [1.807, 2.05) is 12.2 Å². The Kier molecular flexibility index (Phi) is 4.66. The first kappa shape index (κ1) is 17.6. The minimum Gasteiger partial charge on any atom is -0.481 e. The molecule has 4 atom stereocenters. The van der Waals surface area contributed by atoms with E-state index in [4.69, 9.17) is 5.14 Å². The molecule has 8 heteroatoms. The summed E-state index contributed by atoms with van der Waals surface area (Å²) in [6.07, 6.45) is 5.09. The molecule has 2 aliphatic rings. The Hall–Kier alpha value is -2.19. The number of rotatable bonds is 6. The summed E-state index contributed by atoms with van der Waals surface area (Å²) >= 11 is 0. The number of aliphatic carboxylic acids is 1. The Morgan fingerprint density at radius 2 is 1.72 bits per heavy atom. The Morgan fingerprint density at radius 1 is 1.12 bits per heavy atom. The van der Waals surface area contributed by atoms with Crippen molar-refractivity contribution in [3.63, 3.8) is 0 Å². The molecule has 2 aliphatic carbocycles. The fraction of sp³-hybridized carbons (Fsp3) is 0.412. The summed E-state index contributed by atoms with van der Waals surface area (Å²) in [5, 5.41) is 17.2. The molecule has 134 valence electrons. The largest absolute Gasteiger partial charge is 0.481 e. The topological polar surface area (TPSA) is 127 Å². The molecule has 0 aliphatic heterocycles. The summed E-state index contributed by atoms with van der Waals surface area (Å²) < 4.78 is 22.4. The lowest BCUT2D eigenvalue weighted by Crippen LogP contribution is -2.40. The molecule has 0 heterocycles. The number of carbonyl (C=O) groups is 2. The van der Waals surface area contributed by atoms with Crippen molar-refractivity contribution in [1.82, 2.24) is 5.32 Å². The van der Waals surface area contributed by atoms with Crippen LogP contribution in [-0.2, 0) is 26.0 Å². The van der Waals surface area contributed by atoms with E-state index in [9.17, 15) is 23.1 Å². The number of hydrogen-bond acceptors (Lipinski definition) is 4. The molecule has 7 nitrogen and oxygen atoms in total. The van der Waals surface area contributed by atoms with Gasteiger partial charge in [-0.1, -0.05) is 24.3 Å². The van der Waals surface area contributed by atoms with Crippen LogP contribution in [0.25, 0.3) is 0 Å². The van der Waals surface area contributed by atoms with Gasteiger partial charge in [0.25, 0.3) is 0 Å². The zero-order valence-electron chi connectivity index (χ0n) is 13.5. The van der Waals surface area contributed by atoms with Gasteiger partial charge in [0.15, 0.2) is 0 Å². The Morgan fingerprint density at radius 3 is 2.28 bits per heavy atom. The second kappa shape index (κ2) is 6.61. The van der Waals surface area contributed by atoms with E-state index in [1.54, 1.807) is 12.1 Å². The molecule has 1 amide bonds. The lowest BCUT2D eigenvalue weighted by atomic mass is 9.82. The predicted molar refractivity (Wildman–Crippen MR) is 89.9 cm³/mol. The molecule has 1 aromatic carbocycles. The normalized spacial score (nSPS) is 27.4. The zero-order valence-corrected chi connectivity index (χ0v) is 14.3. The van der Waals surface area contributed by atoms with Crippen molar-refractivity contribution in [3.05, 3.63) is 42.0 Å². The molecule has 0 unspecified atom stereocenters. The number of sulfonamides is 1. The maximum Gasteiger partial charge on any atom is 0.307 e. The molecular formula is C17H20N2O5S. The van der Waals surface area contributed by atoms with Gasteiger partial charge < -0.3 is 10.4 Å². The van der Waals surface area contributed by atoms with Gasteiger partial charge in [0.2, 0.25) is 15.9 Å². The number of allylic oxidation sites excluding steroid dienone is 2. The monoisotopic (exact) mass is 364 g/mol. The minimum absolute atomic E-state index is 0.000134. The minimum atomic E-state index is -3.72. The van der Waals surface area contributed by atoms with Crippen molar-refractivity contribution < 1.29 is 23.1 Å². The van der Waals surface area contributed by atoms with Gasteiger partial charge in [0.05, 0.1) is 16.7 Å². The van der Waals surface area contributed by atoms with E-state index in [0.29, 0.717) is 13.0 Å². The van der Waals surface area contributed by atoms with Crippen molar-refractivity contribution in [3.8, 4) is 0 Å². The summed E-state index contributed by atoms with van der Waals surface area (Å²) in [5.41, 5.74) is 0.857. The maximum absolute atomic E-state index is 12.4. The molecule has 2 bridgehead atoms. The number of benzene rings is 1. The molecule has 0 spiro atoms. The number of carboxylic acids is 1. The third-order valence-electron chi connectivity index (χ3n) is 5.01. The van der Waals surface area contributed by atoms with Crippen LogP contribution < -0.4 is 10.5 Å². The Labute approximate surface area is 146 Å². The van der Waals surface area contributed by atoms with Gasteiger partial charge in [-0.25, -0.2) is 13.6 Å². The molecule has 0 radical (unpaired) electrons. The van der Waals surface area contributed by atoms with Crippen LogP contribution in [0.4, 0.5) is 0 Å². The van der Waals surface area contributed by atoms with Crippen molar-refractivity contribution in [2.45, 2.75) is 17.7 Å². The van der Waals surface area contributed by atoms with E-state index < -0.39 is 27.8 Å². The highest BCUT2D eigenvalue weighted by atomic mass is 32.2. The third kappa shape index (κ3) is 3.59. The van der Waals surface area contributed by atoms with Crippen LogP contribution >= 0.6 is 0 Å².